The number of anilines is 1. The van der Waals surface area contributed by atoms with Crippen molar-refractivity contribution in [3.63, 3.8) is 0 Å². The maximum Gasteiger partial charge on any atom is 0.214 e. The van der Waals surface area contributed by atoms with Crippen molar-refractivity contribution in [3.8, 4) is 0 Å². The van der Waals surface area contributed by atoms with E-state index in [0.717, 1.165) is 42.5 Å². The third-order valence-corrected chi connectivity index (χ3v) is 10.2. The highest BCUT2D eigenvalue weighted by Gasteiger charge is 2.38. The number of H-pyrrole nitrogens is 1. The third-order valence-electron chi connectivity index (χ3n) is 6.58. The number of aromatic nitrogens is 3. The molecule has 1 unspecified atom stereocenters. The van der Waals surface area contributed by atoms with Crippen LogP contribution in [-0.2, 0) is 19.9 Å². The monoisotopic (exact) mass is 455 g/mol. The number of rotatable bonds is 6. The molecular formula is C19H29N5O4S2. The minimum atomic E-state index is -3.43. The number of nitrogens with one attached hydrogen (secondary N) is 1. The molecule has 166 valence electrons. The largest absolute Gasteiger partial charge is 0.356 e. The molecule has 2 aromatic heterocycles. The second kappa shape index (κ2) is 8.08. The Kier molecular flexibility index (Phi) is 5.80. The molecule has 1 aliphatic heterocycles. The van der Waals surface area contributed by atoms with Crippen molar-refractivity contribution in [2.24, 2.45) is 5.92 Å². The van der Waals surface area contributed by atoms with Crippen molar-refractivity contribution in [1.82, 2.24) is 19.3 Å². The van der Waals surface area contributed by atoms with Gasteiger partial charge in [0.25, 0.3) is 0 Å². The van der Waals surface area contributed by atoms with Crippen LogP contribution in [0.3, 0.4) is 0 Å². The molecule has 2 aliphatic rings. The van der Waals surface area contributed by atoms with Gasteiger partial charge in [-0.3, -0.25) is 0 Å². The van der Waals surface area contributed by atoms with Gasteiger partial charge in [0.05, 0.1) is 16.4 Å². The lowest BCUT2D eigenvalue weighted by atomic mass is 9.86. The molecule has 2 fully saturated rings. The van der Waals surface area contributed by atoms with Crippen LogP contribution in [0.25, 0.3) is 11.0 Å². The van der Waals surface area contributed by atoms with Crippen LogP contribution in [0.2, 0.25) is 0 Å². The van der Waals surface area contributed by atoms with Gasteiger partial charge in [-0.2, -0.15) is 0 Å². The van der Waals surface area contributed by atoms with Crippen LogP contribution in [0.15, 0.2) is 18.6 Å². The maximum absolute atomic E-state index is 12.8. The quantitative estimate of drug-likeness (QED) is 0.700. The molecule has 30 heavy (non-hydrogen) atoms. The highest BCUT2D eigenvalue weighted by atomic mass is 32.2. The SMILES string of the molecule is CN(c1ncnc2[nH]ccc12)[C@H]1CC[C@H](CS(=O)(=O)N2CCC(S(C)(=O)=O)C2)CC1. The van der Waals surface area contributed by atoms with Gasteiger partial charge >= 0.3 is 0 Å². The van der Waals surface area contributed by atoms with Crippen molar-refractivity contribution < 1.29 is 16.8 Å². The van der Waals surface area contributed by atoms with Crippen LogP contribution in [0.4, 0.5) is 5.82 Å². The van der Waals surface area contributed by atoms with Crippen LogP contribution in [0.1, 0.15) is 32.1 Å². The Balaban J connectivity index is 1.35. The molecule has 0 amide bonds. The molecule has 11 heteroatoms. The standard InChI is InChI=1S/C19H29N5O4S2/c1-23(19-17-7-9-20-18(17)21-13-22-19)15-5-3-14(4-6-15)12-30(27,28)24-10-8-16(11-24)29(2,25)26/h7,9,13-16H,3-6,8,10-12H2,1-2H3,(H,20,21,22)/t14-,15-,16?. The molecule has 3 heterocycles. The fourth-order valence-electron chi connectivity index (χ4n) is 4.71. The Morgan fingerprint density at radius 1 is 1.13 bits per heavy atom. The van der Waals surface area contributed by atoms with E-state index in [1.807, 2.05) is 19.3 Å². The normalized spacial score (nSPS) is 26.3. The summed E-state index contributed by atoms with van der Waals surface area (Å²) in [6.07, 6.45) is 8.45. The molecular weight excluding hydrogens is 426 g/mol. The molecule has 0 radical (unpaired) electrons. The van der Waals surface area contributed by atoms with E-state index in [4.69, 9.17) is 0 Å². The van der Waals surface area contributed by atoms with Gasteiger partial charge in [-0.05, 0) is 44.1 Å². The van der Waals surface area contributed by atoms with Gasteiger partial charge < -0.3 is 9.88 Å². The van der Waals surface area contributed by atoms with Gasteiger partial charge in [-0.15, -0.1) is 0 Å². The summed E-state index contributed by atoms with van der Waals surface area (Å²) < 4.78 is 50.5. The van der Waals surface area contributed by atoms with Crippen LogP contribution in [0.5, 0.6) is 0 Å². The molecule has 2 aromatic rings. The molecule has 0 spiro atoms. The highest BCUT2D eigenvalue weighted by Crippen LogP contribution is 2.33. The fraction of sp³-hybridized carbons (Fsp3) is 0.684. The van der Waals surface area contributed by atoms with E-state index in [9.17, 15) is 16.8 Å². The number of nitrogens with zero attached hydrogens (tertiary/aromatic N) is 4. The first-order valence-corrected chi connectivity index (χ1v) is 13.9. The Labute approximate surface area is 177 Å². The first-order valence-electron chi connectivity index (χ1n) is 10.3. The molecule has 1 atom stereocenters. The highest BCUT2D eigenvalue weighted by molar-refractivity contribution is 7.91. The van der Waals surface area contributed by atoms with Gasteiger partial charge in [-0.25, -0.2) is 31.1 Å². The first kappa shape index (κ1) is 21.5. The van der Waals surface area contributed by atoms with E-state index in [1.165, 1.54) is 10.6 Å². The average Bonchev–Trinajstić information content (AvgIpc) is 3.37. The summed E-state index contributed by atoms with van der Waals surface area (Å²) in [4.78, 5) is 14.0. The smallest absolute Gasteiger partial charge is 0.214 e. The minimum Gasteiger partial charge on any atom is -0.356 e. The number of sulfone groups is 1. The topological polar surface area (TPSA) is 116 Å². The molecule has 4 rings (SSSR count). The van der Waals surface area contributed by atoms with Crippen LogP contribution in [-0.4, -0.2) is 79.5 Å². The summed E-state index contributed by atoms with van der Waals surface area (Å²) in [5.74, 6) is 1.10. The Hall–Kier alpha value is -1.72. The van der Waals surface area contributed by atoms with E-state index < -0.39 is 25.1 Å². The van der Waals surface area contributed by atoms with E-state index in [0.29, 0.717) is 19.0 Å². The summed E-state index contributed by atoms with van der Waals surface area (Å²) in [5, 5.41) is 0.411. The average molecular weight is 456 g/mol. The van der Waals surface area contributed by atoms with Crippen molar-refractivity contribution in [2.45, 2.75) is 43.4 Å². The third kappa shape index (κ3) is 4.33. The summed E-state index contributed by atoms with van der Waals surface area (Å²) in [6, 6.07) is 2.28. The lowest BCUT2D eigenvalue weighted by Crippen LogP contribution is -2.39. The Morgan fingerprint density at radius 3 is 2.53 bits per heavy atom. The predicted octanol–water partition coefficient (Wildman–Crippen LogP) is 1.40. The predicted molar refractivity (Wildman–Crippen MR) is 117 cm³/mol. The van der Waals surface area contributed by atoms with Crippen LogP contribution in [0, 0.1) is 5.92 Å². The Morgan fingerprint density at radius 2 is 1.87 bits per heavy atom. The zero-order valence-electron chi connectivity index (χ0n) is 17.4. The van der Waals surface area contributed by atoms with Gasteiger partial charge in [-0.1, -0.05) is 0 Å². The van der Waals surface area contributed by atoms with Gasteiger partial charge in [0, 0.05) is 38.6 Å². The van der Waals surface area contributed by atoms with Gasteiger partial charge in [0.2, 0.25) is 10.0 Å². The van der Waals surface area contributed by atoms with Gasteiger partial charge in [0.1, 0.15) is 17.8 Å². The summed E-state index contributed by atoms with van der Waals surface area (Å²) >= 11 is 0. The molecule has 0 aromatic carbocycles. The molecule has 1 aliphatic carbocycles. The summed E-state index contributed by atoms with van der Waals surface area (Å²) in [5.41, 5.74) is 0.810. The minimum absolute atomic E-state index is 0.0969. The summed E-state index contributed by atoms with van der Waals surface area (Å²) in [6.45, 7) is 0.401. The van der Waals surface area contributed by atoms with Crippen molar-refractivity contribution in [3.05, 3.63) is 18.6 Å². The van der Waals surface area contributed by atoms with E-state index in [1.54, 1.807) is 6.33 Å². The number of fused-ring (bicyclic) bond motifs is 1. The Bertz CT molecular complexity index is 1110. The van der Waals surface area contributed by atoms with Crippen molar-refractivity contribution in [2.75, 3.05) is 37.0 Å². The van der Waals surface area contributed by atoms with E-state index in [2.05, 4.69) is 19.9 Å². The van der Waals surface area contributed by atoms with Crippen LogP contribution < -0.4 is 4.90 Å². The molecule has 9 nitrogen and oxygen atoms in total. The number of hydrogen-bond acceptors (Lipinski definition) is 7. The zero-order chi connectivity index (χ0) is 21.5. The van der Waals surface area contributed by atoms with Gasteiger partial charge in [0.15, 0.2) is 9.84 Å². The fourth-order valence-corrected chi connectivity index (χ4v) is 7.72. The van der Waals surface area contributed by atoms with Crippen molar-refractivity contribution >= 4 is 36.7 Å². The van der Waals surface area contributed by atoms with E-state index in [-0.39, 0.29) is 18.2 Å². The number of sulfonamides is 1. The first-order chi connectivity index (χ1) is 14.1. The lowest BCUT2D eigenvalue weighted by Gasteiger charge is -2.35. The zero-order valence-corrected chi connectivity index (χ0v) is 19.0. The van der Waals surface area contributed by atoms with Crippen molar-refractivity contribution in [1.29, 1.82) is 0 Å². The van der Waals surface area contributed by atoms with E-state index >= 15 is 0 Å². The number of hydrogen-bond donors (Lipinski definition) is 1. The molecule has 1 saturated heterocycles. The van der Waals surface area contributed by atoms with Crippen LogP contribution >= 0.6 is 0 Å². The molecule has 1 N–H and O–H groups in total. The second-order valence-corrected chi connectivity index (χ2v) is 12.9. The summed E-state index contributed by atoms with van der Waals surface area (Å²) in [7, 11) is -4.61. The number of aromatic amines is 1. The molecule has 0 bridgehead atoms. The lowest BCUT2D eigenvalue weighted by molar-refractivity contribution is 0.336. The maximum atomic E-state index is 12.8. The molecule has 1 saturated carbocycles. The second-order valence-electron chi connectivity index (χ2n) is 8.60.